The standard InChI is InChI=1S/C18H32O2/c19-17-15-13-11-9-7-5-3-1-2-4-6-8-10-12-14-16-18-20/h13,15,17-18H,1-12,14,16H2/b15-13+. The minimum atomic E-state index is 0.741. The van der Waals surface area contributed by atoms with Crippen molar-refractivity contribution in [2.45, 2.75) is 89.9 Å². The molecule has 0 spiro atoms. The summed E-state index contributed by atoms with van der Waals surface area (Å²) in [5, 5.41) is 0. The Labute approximate surface area is 125 Å². The van der Waals surface area contributed by atoms with Crippen LogP contribution in [0, 0.1) is 0 Å². The molecule has 20 heavy (non-hydrogen) atoms. The molecule has 0 unspecified atom stereocenters. The summed E-state index contributed by atoms with van der Waals surface area (Å²) in [5.74, 6) is 0. The largest absolute Gasteiger partial charge is 0.303 e. The highest BCUT2D eigenvalue weighted by atomic mass is 16.1. The molecule has 0 saturated heterocycles. The summed E-state index contributed by atoms with van der Waals surface area (Å²) < 4.78 is 0. The van der Waals surface area contributed by atoms with Gasteiger partial charge in [-0.25, -0.2) is 0 Å². The molecule has 0 saturated carbocycles. The van der Waals surface area contributed by atoms with E-state index in [9.17, 15) is 9.59 Å². The summed E-state index contributed by atoms with van der Waals surface area (Å²) >= 11 is 0. The Morgan fingerprint density at radius 1 is 0.500 bits per heavy atom. The highest BCUT2D eigenvalue weighted by Crippen LogP contribution is 2.12. The molecule has 0 atom stereocenters. The lowest BCUT2D eigenvalue weighted by Gasteiger charge is -2.02. The van der Waals surface area contributed by atoms with Gasteiger partial charge in [-0.3, -0.25) is 4.79 Å². The Balaban J connectivity index is 2.97. The Morgan fingerprint density at radius 3 is 1.30 bits per heavy atom. The topological polar surface area (TPSA) is 34.1 Å². The molecule has 0 fully saturated rings. The van der Waals surface area contributed by atoms with E-state index < -0.39 is 0 Å². The fraction of sp³-hybridized carbons (Fsp3) is 0.778. The molecule has 0 aliphatic carbocycles. The maximum absolute atomic E-state index is 10.1. The summed E-state index contributed by atoms with van der Waals surface area (Å²) in [5.41, 5.74) is 0. The van der Waals surface area contributed by atoms with Crippen molar-refractivity contribution in [2.24, 2.45) is 0 Å². The van der Waals surface area contributed by atoms with Crippen LogP contribution in [0.1, 0.15) is 89.9 Å². The third kappa shape index (κ3) is 17.1. The number of allylic oxidation sites excluding steroid dienone is 2. The molecule has 0 radical (unpaired) electrons. The third-order valence-corrected chi connectivity index (χ3v) is 3.66. The van der Waals surface area contributed by atoms with E-state index in [1.165, 1.54) is 70.6 Å². The molecule has 0 bridgehead atoms. The number of carbonyl (C=O) groups excluding carboxylic acids is 2. The zero-order chi connectivity index (χ0) is 14.7. The first-order valence-electron chi connectivity index (χ1n) is 8.45. The second-order valence-electron chi connectivity index (χ2n) is 5.55. The van der Waals surface area contributed by atoms with Crippen LogP contribution in [-0.4, -0.2) is 12.6 Å². The summed E-state index contributed by atoms with van der Waals surface area (Å²) in [7, 11) is 0. The van der Waals surface area contributed by atoms with E-state index in [2.05, 4.69) is 0 Å². The smallest absolute Gasteiger partial charge is 0.142 e. The number of rotatable bonds is 16. The summed E-state index contributed by atoms with van der Waals surface area (Å²) in [6.07, 6.45) is 22.8. The van der Waals surface area contributed by atoms with Gasteiger partial charge >= 0.3 is 0 Å². The predicted molar refractivity (Wildman–Crippen MR) is 85.9 cm³/mol. The van der Waals surface area contributed by atoms with Crippen LogP contribution >= 0.6 is 0 Å². The van der Waals surface area contributed by atoms with Crippen LogP contribution in [-0.2, 0) is 9.59 Å². The van der Waals surface area contributed by atoms with E-state index in [0.717, 1.165) is 31.8 Å². The van der Waals surface area contributed by atoms with Crippen molar-refractivity contribution in [1.29, 1.82) is 0 Å². The van der Waals surface area contributed by atoms with Gasteiger partial charge in [0, 0.05) is 6.42 Å². The van der Waals surface area contributed by atoms with E-state index in [-0.39, 0.29) is 0 Å². The van der Waals surface area contributed by atoms with Crippen LogP contribution in [0.3, 0.4) is 0 Å². The van der Waals surface area contributed by atoms with Crippen molar-refractivity contribution in [3.63, 3.8) is 0 Å². The zero-order valence-electron chi connectivity index (χ0n) is 13.0. The molecule has 0 N–H and O–H groups in total. The van der Waals surface area contributed by atoms with Gasteiger partial charge in [0.25, 0.3) is 0 Å². The van der Waals surface area contributed by atoms with Gasteiger partial charge in [-0.2, -0.15) is 0 Å². The van der Waals surface area contributed by atoms with E-state index in [4.69, 9.17) is 0 Å². The lowest BCUT2D eigenvalue weighted by atomic mass is 10.0. The van der Waals surface area contributed by atoms with Crippen molar-refractivity contribution in [2.75, 3.05) is 0 Å². The summed E-state index contributed by atoms with van der Waals surface area (Å²) in [6, 6.07) is 0. The predicted octanol–water partition coefficient (Wildman–Crippen LogP) is 5.40. The maximum Gasteiger partial charge on any atom is 0.142 e. The highest BCUT2D eigenvalue weighted by Gasteiger charge is 1.93. The van der Waals surface area contributed by atoms with Crippen molar-refractivity contribution >= 4 is 12.6 Å². The van der Waals surface area contributed by atoms with Crippen molar-refractivity contribution < 1.29 is 9.59 Å². The summed E-state index contributed by atoms with van der Waals surface area (Å²) in [6.45, 7) is 0. The number of carbonyl (C=O) groups is 2. The number of hydrogen-bond acceptors (Lipinski definition) is 2. The minimum Gasteiger partial charge on any atom is -0.303 e. The molecular weight excluding hydrogens is 248 g/mol. The first-order chi connectivity index (χ1) is 9.91. The first-order valence-corrected chi connectivity index (χ1v) is 8.45. The Morgan fingerprint density at radius 2 is 0.900 bits per heavy atom. The Hall–Kier alpha value is -0.920. The summed E-state index contributed by atoms with van der Waals surface area (Å²) in [4.78, 5) is 20.2. The van der Waals surface area contributed by atoms with Crippen LogP contribution in [0.5, 0.6) is 0 Å². The molecule has 0 rings (SSSR count). The van der Waals surface area contributed by atoms with Crippen molar-refractivity contribution in [1.82, 2.24) is 0 Å². The molecule has 0 aromatic carbocycles. The van der Waals surface area contributed by atoms with Crippen molar-refractivity contribution in [3.8, 4) is 0 Å². The molecule has 0 aromatic rings. The second kappa shape index (κ2) is 18.1. The minimum absolute atomic E-state index is 0.741. The highest BCUT2D eigenvalue weighted by molar-refractivity contribution is 5.64. The molecule has 2 heteroatoms. The average molecular weight is 280 g/mol. The van der Waals surface area contributed by atoms with Crippen LogP contribution in [0.2, 0.25) is 0 Å². The van der Waals surface area contributed by atoms with Gasteiger partial charge in [0.05, 0.1) is 0 Å². The van der Waals surface area contributed by atoms with Crippen molar-refractivity contribution in [3.05, 3.63) is 12.2 Å². The van der Waals surface area contributed by atoms with Gasteiger partial charge < -0.3 is 4.79 Å². The quantitative estimate of drug-likeness (QED) is 0.215. The van der Waals surface area contributed by atoms with Gasteiger partial charge in [0.2, 0.25) is 0 Å². The van der Waals surface area contributed by atoms with Gasteiger partial charge in [-0.05, 0) is 25.3 Å². The number of aldehydes is 2. The molecule has 2 nitrogen and oxygen atoms in total. The first kappa shape index (κ1) is 19.1. The maximum atomic E-state index is 10.1. The SMILES string of the molecule is O=C/C=C/CCCCCCCCCCCCCCC=O. The lowest BCUT2D eigenvalue weighted by Crippen LogP contribution is -1.83. The Bertz CT molecular complexity index is 234. The lowest BCUT2D eigenvalue weighted by molar-refractivity contribution is -0.108. The monoisotopic (exact) mass is 280 g/mol. The van der Waals surface area contributed by atoms with Crippen LogP contribution in [0.15, 0.2) is 12.2 Å². The van der Waals surface area contributed by atoms with Crippen LogP contribution < -0.4 is 0 Å². The van der Waals surface area contributed by atoms with Crippen LogP contribution in [0.25, 0.3) is 0 Å². The molecule has 0 amide bonds. The van der Waals surface area contributed by atoms with Gasteiger partial charge in [-0.1, -0.05) is 70.3 Å². The van der Waals surface area contributed by atoms with E-state index in [1.807, 2.05) is 6.08 Å². The van der Waals surface area contributed by atoms with Gasteiger partial charge in [-0.15, -0.1) is 0 Å². The second-order valence-corrected chi connectivity index (χ2v) is 5.55. The fourth-order valence-corrected chi connectivity index (χ4v) is 2.41. The molecule has 0 heterocycles. The van der Waals surface area contributed by atoms with Gasteiger partial charge in [0.1, 0.15) is 12.6 Å². The molecular formula is C18H32O2. The third-order valence-electron chi connectivity index (χ3n) is 3.66. The molecule has 116 valence electrons. The molecule has 0 aromatic heterocycles. The number of hydrogen-bond donors (Lipinski definition) is 0. The zero-order valence-corrected chi connectivity index (χ0v) is 13.0. The van der Waals surface area contributed by atoms with E-state index in [1.54, 1.807) is 6.08 Å². The number of unbranched alkanes of at least 4 members (excludes halogenated alkanes) is 13. The average Bonchev–Trinajstić information content (AvgIpc) is 2.47. The fourth-order valence-electron chi connectivity index (χ4n) is 2.41. The normalized spacial score (nSPS) is 11.0. The van der Waals surface area contributed by atoms with Gasteiger partial charge in [0.15, 0.2) is 0 Å². The van der Waals surface area contributed by atoms with E-state index >= 15 is 0 Å². The van der Waals surface area contributed by atoms with E-state index in [0.29, 0.717) is 0 Å². The Kier molecular flexibility index (Phi) is 17.2. The molecule has 0 aliphatic heterocycles. The van der Waals surface area contributed by atoms with Crippen LogP contribution in [0.4, 0.5) is 0 Å². The molecule has 0 aliphatic rings.